The zero-order valence-electron chi connectivity index (χ0n) is 13.8. The summed E-state index contributed by atoms with van der Waals surface area (Å²) < 4.78 is 0. The van der Waals surface area contributed by atoms with Crippen LogP contribution in [0, 0.1) is 6.92 Å². The molecule has 0 heterocycles. The third-order valence-electron chi connectivity index (χ3n) is 4.72. The molecule has 1 amide bonds. The maximum absolute atomic E-state index is 12.6. The number of nitrogens with zero attached hydrogens (tertiary/aromatic N) is 2. The van der Waals surface area contributed by atoms with Crippen molar-refractivity contribution in [3.05, 3.63) is 35.4 Å². The molecule has 0 aliphatic heterocycles. The molecular weight excluding hydrogens is 260 g/mol. The molecule has 0 saturated heterocycles. The van der Waals surface area contributed by atoms with E-state index in [1.165, 1.54) is 24.8 Å². The average molecular weight is 288 g/mol. The first-order valence-electron chi connectivity index (χ1n) is 7.96. The Labute approximate surface area is 128 Å². The standard InChI is InChI=1S/C18H28N2O/c1-14-9-11-15(12-10-14)13-18(21)20(4)17-8-6-5-7-16(17)19(2)3/h9-12,16-17H,5-8,13H2,1-4H3. The second-order valence-electron chi connectivity index (χ2n) is 6.55. The van der Waals surface area contributed by atoms with Crippen molar-refractivity contribution in [1.29, 1.82) is 0 Å². The number of amides is 1. The van der Waals surface area contributed by atoms with Crippen LogP contribution in [0.15, 0.2) is 24.3 Å². The Morgan fingerprint density at radius 3 is 2.19 bits per heavy atom. The van der Waals surface area contributed by atoms with Gasteiger partial charge in [0, 0.05) is 19.1 Å². The minimum Gasteiger partial charge on any atom is -0.341 e. The van der Waals surface area contributed by atoms with Crippen molar-refractivity contribution in [2.45, 2.75) is 51.1 Å². The van der Waals surface area contributed by atoms with Gasteiger partial charge in [0.2, 0.25) is 5.91 Å². The van der Waals surface area contributed by atoms with Crippen LogP contribution in [0.2, 0.25) is 0 Å². The predicted molar refractivity (Wildman–Crippen MR) is 87.4 cm³/mol. The fourth-order valence-corrected chi connectivity index (χ4v) is 3.34. The van der Waals surface area contributed by atoms with Gasteiger partial charge >= 0.3 is 0 Å². The van der Waals surface area contributed by atoms with E-state index in [2.05, 4.69) is 50.2 Å². The fourth-order valence-electron chi connectivity index (χ4n) is 3.34. The summed E-state index contributed by atoms with van der Waals surface area (Å²) in [7, 11) is 6.23. The predicted octanol–water partition coefficient (Wildman–Crippen LogP) is 2.87. The van der Waals surface area contributed by atoms with Crippen LogP contribution >= 0.6 is 0 Å². The fraction of sp³-hybridized carbons (Fsp3) is 0.611. The number of likely N-dealkylation sites (N-methyl/N-ethyl adjacent to an activating group) is 2. The van der Waals surface area contributed by atoms with Gasteiger partial charge in [-0.1, -0.05) is 42.7 Å². The molecule has 0 spiro atoms. The highest BCUT2D eigenvalue weighted by molar-refractivity contribution is 5.79. The third-order valence-corrected chi connectivity index (χ3v) is 4.72. The van der Waals surface area contributed by atoms with E-state index >= 15 is 0 Å². The van der Waals surface area contributed by atoms with Crippen molar-refractivity contribution in [2.24, 2.45) is 0 Å². The molecule has 2 unspecified atom stereocenters. The normalized spacial score (nSPS) is 22.3. The van der Waals surface area contributed by atoms with E-state index in [-0.39, 0.29) is 5.91 Å². The summed E-state index contributed by atoms with van der Waals surface area (Å²) in [5, 5.41) is 0. The lowest BCUT2D eigenvalue weighted by atomic mass is 9.88. The summed E-state index contributed by atoms with van der Waals surface area (Å²) in [6.45, 7) is 2.07. The summed E-state index contributed by atoms with van der Waals surface area (Å²) in [4.78, 5) is 16.8. The van der Waals surface area contributed by atoms with Gasteiger partial charge in [-0.15, -0.1) is 0 Å². The first-order chi connectivity index (χ1) is 9.99. The van der Waals surface area contributed by atoms with E-state index in [9.17, 15) is 4.79 Å². The highest BCUT2D eigenvalue weighted by Crippen LogP contribution is 2.25. The van der Waals surface area contributed by atoms with Crippen molar-refractivity contribution in [3.8, 4) is 0 Å². The van der Waals surface area contributed by atoms with Crippen molar-refractivity contribution in [2.75, 3.05) is 21.1 Å². The quantitative estimate of drug-likeness (QED) is 0.850. The van der Waals surface area contributed by atoms with Gasteiger partial charge in [-0.25, -0.2) is 0 Å². The summed E-state index contributed by atoms with van der Waals surface area (Å²) >= 11 is 0. The zero-order chi connectivity index (χ0) is 15.4. The third kappa shape index (κ3) is 4.07. The van der Waals surface area contributed by atoms with Gasteiger partial charge in [-0.05, 0) is 39.4 Å². The topological polar surface area (TPSA) is 23.6 Å². The minimum atomic E-state index is 0.234. The van der Waals surface area contributed by atoms with Gasteiger partial charge in [0.25, 0.3) is 0 Å². The molecular formula is C18H28N2O. The van der Waals surface area contributed by atoms with Crippen molar-refractivity contribution >= 4 is 5.91 Å². The van der Waals surface area contributed by atoms with Crippen molar-refractivity contribution < 1.29 is 4.79 Å². The van der Waals surface area contributed by atoms with Crippen LogP contribution in [-0.2, 0) is 11.2 Å². The minimum absolute atomic E-state index is 0.234. The number of carbonyl (C=O) groups excluding carboxylic acids is 1. The Morgan fingerprint density at radius 2 is 1.62 bits per heavy atom. The average Bonchev–Trinajstić information content (AvgIpc) is 2.48. The lowest BCUT2D eigenvalue weighted by molar-refractivity contribution is -0.133. The van der Waals surface area contributed by atoms with E-state index in [4.69, 9.17) is 0 Å². The molecule has 0 bridgehead atoms. The molecule has 1 aromatic rings. The molecule has 3 nitrogen and oxygen atoms in total. The number of carbonyl (C=O) groups is 1. The van der Waals surface area contributed by atoms with Crippen LogP contribution in [0.3, 0.4) is 0 Å². The second kappa shape index (κ2) is 7.08. The smallest absolute Gasteiger partial charge is 0.227 e. The first kappa shape index (κ1) is 16.0. The SMILES string of the molecule is Cc1ccc(CC(=O)N(C)C2CCCCC2N(C)C)cc1. The van der Waals surface area contributed by atoms with E-state index in [0.717, 1.165) is 12.0 Å². The van der Waals surface area contributed by atoms with Gasteiger partial charge in [0.1, 0.15) is 0 Å². The number of rotatable bonds is 4. The van der Waals surface area contributed by atoms with E-state index < -0.39 is 0 Å². The maximum atomic E-state index is 12.6. The molecule has 2 rings (SSSR count). The summed E-state index contributed by atoms with van der Waals surface area (Å²) in [5.41, 5.74) is 2.34. The van der Waals surface area contributed by atoms with E-state index in [1.54, 1.807) is 0 Å². The summed E-state index contributed by atoms with van der Waals surface area (Å²) in [5.74, 6) is 0.234. The largest absolute Gasteiger partial charge is 0.341 e. The Kier molecular flexibility index (Phi) is 5.40. The van der Waals surface area contributed by atoms with Gasteiger partial charge in [0.15, 0.2) is 0 Å². The lowest BCUT2D eigenvalue weighted by Crippen LogP contribution is -2.52. The molecule has 3 heteroatoms. The van der Waals surface area contributed by atoms with Gasteiger partial charge in [-0.2, -0.15) is 0 Å². The molecule has 1 saturated carbocycles. The molecule has 0 aromatic heterocycles. The number of benzene rings is 1. The van der Waals surface area contributed by atoms with Crippen LogP contribution in [0.5, 0.6) is 0 Å². The number of aryl methyl sites for hydroxylation is 1. The summed E-state index contributed by atoms with van der Waals surface area (Å²) in [6, 6.07) is 9.12. The molecule has 21 heavy (non-hydrogen) atoms. The van der Waals surface area contributed by atoms with Crippen molar-refractivity contribution in [1.82, 2.24) is 9.80 Å². The monoisotopic (exact) mass is 288 g/mol. The van der Waals surface area contributed by atoms with Gasteiger partial charge in [-0.3, -0.25) is 4.79 Å². The Morgan fingerprint density at radius 1 is 1.05 bits per heavy atom. The Hall–Kier alpha value is -1.35. The van der Waals surface area contributed by atoms with E-state index in [0.29, 0.717) is 18.5 Å². The first-order valence-corrected chi connectivity index (χ1v) is 7.96. The van der Waals surface area contributed by atoms with Crippen LogP contribution in [-0.4, -0.2) is 48.9 Å². The van der Waals surface area contributed by atoms with Gasteiger partial charge in [0.05, 0.1) is 6.42 Å². The van der Waals surface area contributed by atoms with Crippen LogP contribution in [0.1, 0.15) is 36.8 Å². The highest BCUT2D eigenvalue weighted by Gasteiger charge is 2.31. The van der Waals surface area contributed by atoms with Crippen LogP contribution < -0.4 is 0 Å². The molecule has 0 N–H and O–H groups in total. The van der Waals surface area contributed by atoms with E-state index in [1.807, 2.05) is 11.9 Å². The molecule has 1 aromatic carbocycles. The molecule has 2 atom stereocenters. The van der Waals surface area contributed by atoms with Crippen molar-refractivity contribution in [3.63, 3.8) is 0 Å². The zero-order valence-corrected chi connectivity index (χ0v) is 13.8. The number of hydrogen-bond donors (Lipinski definition) is 0. The van der Waals surface area contributed by atoms with Crippen LogP contribution in [0.25, 0.3) is 0 Å². The number of hydrogen-bond acceptors (Lipinski definition) is 2. The Balaban J connectivity index is 2.01. The Bertz CT molecular complexity index is 467. The lowest BCUT2D eigenvalue weighted by Gasteiger charge is -2.41. The van der Waals surface area contributed by atoms with Gasteiger partial charge < -0.3 is 9.80 Å². The highest BCUT2D eigenvalue weighted by atomic mass is 16.2. The second-order valence-corrected chi connectivity index (χ2v) is 6.55. The molecule has 1 aliphatic rings. The molecule has 116 valence electrons. The molecule has 1 aliphatic carbocycles. The maximum Gasteiger partial charge on any atom is 0.227 e. The van der Waals surface area contributed by atoms with Crippen LogP contribution in [0.4, 0.5) is 0 Å². The summed E-state index contributed by atoms with van der Waals surface area (Å²) in [6.07, 6.45) is 5.34. The molecule has 0 radical (unpaired) electrons. The molecule has 1 fully saturated rings.